The molecule has 0 bridgehead atoms. The summed E-state index contributed by atoms with van der Waals surface area (Å²) >= 11 is 0. The van der Waals surface area contributed by atoms with E-state index >= 15 is 0 Å². The Hall–Kier alpha value is -1.28. The predicted octanol–water partition coefficient (Wildman–Crippen LogP) is 3.28. The molecule has 0 aliphatic carbocycles. The van der Waals surface area contributed by atoms with Gasteiger partial charge < -0.3 is 9.84 Å². The van der Waals surface area contributed by atoms with Crippen LogP contribution < -0.4 is 0 Å². The van der Waals surface area contributed by atoms with Crippen molar-refractivity contribution in [2.24, 2.45) is 0 Å². The van der Waals surface area contributed by atoms with Crippen LogP contribution >= 0.6 is 0 Å². The van der Waals surface area contributed by atoms with Crippen LogP contribution in [0.15, 0.2) is 24.8 Å². The standard InChI is InChI=1S/C13H16O2/c1-2-10-6-5-7-11(13(10)14)12-8-3-4-9-15-12/h2,5-7,12,14H,1,3-4,8-9H2. The maximum atomic E-state index is 9.99. The van der Waals surface area contributed by atoms with Gasteiger partial charge in [-0.05, 0) is 19.3 Å². The van der Waals surface area contributed by atoms with E-state index in [2.05, 4.69) is 6.58 Å². The van der Waals surface area contributed by atoms with Gasteiger partial charge in [0.1, 0.15) is 5.75 Å². The van der Waals surface area contributed by atoms with Gasteiger partial charge in [-0.25, -0.2) is 0 Å². The summed E-state index contributed by atoms with van der Waals surface area (Å²) in [6.07, 6.45) is 5.01. The van der Waals surface area contributed by atoms with E-state index in [1.165, 1.54) is 6.42 Å². The van der Waals surface area contributed by atoms with Gasteiger partial charge in [-0.15, -0.1) is 0 Å². The number of para-hydroxylation sites is 1. The first-order valence-electron chi connectivity index (χ1n) is 5.39. The van der Waals surface area contributed by atoms with Crippen LogP contribution in [0.4, 0.5) is 0 Å². The Bertz CT molecular complexity index is 352. The fraction of sp³-hybridized carbons (Fsp3) is 0.385. The van der Waals surface area contributed by atoms with Crippen molar-refractivity contribution in [1.29, 1.82) is 0 Å². The van der Waals surface area contributed by atoms with E-state index in [0.29, 0.717) is 5.75 Å². The van der Waals surface area contributed by atoms with Crippen LogP contribution in [0.3, 0.4) is 0 Å². The van der Waals surface area contributed by atoms with Crippen molar-refractivity contribution in [1.82, 2.24) is 0 Å². The molecule has 1 aliphatic heterocycles. The Labute approximate surface area is 90.2 Å². The molecule has 0 amide bonds. The minimum absolute atomic E-state index is 0.0543. The van der Waals surface area contributed by atoms with Crippen molar-refractivity contribution in [3.8, 4) is 5.75 Å². The summed E-state index contributed by atoms with van der Waals surface area (Å²) < 4.78 is 5.65. The van der Waals surface area contributed by atoms with Gasteiger partial charge in [0.2, 0.25) is 0 Å². The molecular weight excluding hydrogens is 188 g/mol. The second kappa shape index (κ2) is 4.49. The summed E-state index contributed by atoms with van der Waals surface area (Å²) in [6.45, 7) is 4.47. The van der Waals surface area contributed by atoms with E-state index in [-0.39, 0.29) is 6.10 Å². The molecule has 1 aliphatic rings. The summed E-state index contributed by atoms with van der Waals surface area (Å²) in [6, 6.07) is 5.72. The van der Waals surface area contributed by atoms with Gasteiger partial charge in [0.05, 0.1) is 6.10 Å². The fourth-order valence-corrected chi connectivity index (χ4v) is 1.99. The molecule has 80 valence electrons. The van der Waals surface area contributed by atoms with Crippen LogP contribution in [0.1, 0.15) is 36.5 Å². The van der Waals surface area contributed by atoms with E-state index in [4.69, 9.17) is 4.74 Å². The highest BCUT2D eigenvalue weighted by molar-refractivity contribution is 5.58. The van der Waals surface area contributed by atoms with Crippen molar-refractivity contribution < 1.29 is 9.84 Å². The quantitative estimate of drug-likeness (QED) is 0.801. The number of phenolic OH excluding ortho intramolecular Hbond substituents is 1. The Morgan fingerprint density at radius 1 is 1.40 bits per heavy atom. The summed E-state index contributed by atoms with van der Waals surface area (Å²) in [5.74, 6) is 0.319. The van der Waals surface area contributed by atoms with E-state index in [1.807, 2.05) is 18.2 Å². The van der Waals surface area contributed by atoms with Crippen LogP contribution in [-0.2, 0) is 4.74 Å². The zero-order valence-corrected chi connectivity index (χ0v) is 8.78. The number of rotatable bonds is 2. The highest BCUT2D eigenvalue weighted by Crippen LogP contribution is 2.35. The zero-order chi connectivity index (χ0) is 10.7. The van der Waals surface area contributed by atoms with E-state index in [0.717, 1.165) is 30.6 Å². The maximum Gasteiger partial charge on any atom is 0.128 e. The van der Waals surface area contributed by atoms with Crippen molar-refractivity contribution in [2.45, 2.75) is 25.4 Å². The van der Waals surface area contributed by atoms with Gasteiger partial charge in [-0.2, -0.15) is 0 Å². The number of ether oxygens (including phenoxy) is 1. The molecule has 1 unspecified atom stereocenters. The normalized spacial score (nSPS) is 21.2. The molecule has 0 radical (unpaired) electrons. The third-order valence-corrected chi connectivity index (χ3v) is 2.84. The van der Waals surface area contributed by atoms with E-state index in [9.17, 15) is 5.11 Å². The van der Waals surface area contributed by atoms with Gasteiger partial charge in [-0.3, -0.25) is 0 Å². The topological polar surface area (TPSA) is 29.5 Å². The predicted molar refractivity (Wildman–Crippen MR) is 60.7 cm³/mol. The number of hydrogen-bond donors (Lipinski definition) is 1. The lowest BCUT2D eigenvalue weighted by Crippen LogP contribution is -2.11. The molecule has 0 aromatic heterocycles. The molecule has 1 aromatic carbocycles. The first-order valence-corrected chi connectivity index (χ1v) is 5.39. The van der Waals surface area contributed by atoms with Crippen molar-refractivity contribution >= 4 is 6.08 Å². The minimum atomic E-state index is 0.0543. The Morgan fingerprint density at radius 3 is 2.93 bits per heavy atom. The molecule has 1 N–H and O–H groups in total. The minimum Gasteiger partial charge on any atom is -0.507 e. The van der Waals surface area contributed by atoms with Crippen molar-refractivity contribution in [2.75, 3.05) is 6.61 Å². The number of hydrogen-bond acceptors (Lipinski definition) is 2. The Balaban J connectivity index is 2.30. The molecule has 1 saturated heterocycles. The van der Waals surface area contributed by atoms with Gasteiger partial charge in [0.15, 0.2) is 0 Å². The maximum absolute atomic E-state index is 9.99. The highest BCUT2D eigenvalue weighted by Gasteiger charge is 2.19. The summed E-state index contributed by atoms with van der Waals surface area (Å²) in [4.78, 5) is 0. The van der Waals surface area contributed by atoms with Crippen molar-refractivity contribution in [3.05, 3.63) is 35.9 Å². The van der Waals surface area contributed by atoms with Crippen LogP contribution in [0, 0.1) is 0 Å². The average Bonchev–Trinajstić information content (AvgIpc) is 2.30. The number of phenols is 1. The summed E-state index contributed by atoms with van der Waals surface area (Å²) in [5, 5.41) is 9.99. The van der Waals surface area contributed by atoms with Crippen LogP contribution in [0.2, 0.25) is 0 Å². The lowest BCUT2D eigenvalue weighted by Gasteiger charge is -2.24. The average molecular weight is 204 g/mol. The Morgan fingerprint density at radius 2 is 2.27 bits per heavy atom. The second-order valence-electron chi connectivity index (χ2n) is 3.84. The van der Waals surface area contributed by atoms with E-state index in [1.54, 1.807) is 6.08 Å². The molecule has 2 heteroatoms. The molecule has 15 heavy (non-hydrogen) atoms. The number of benzene rings is 1. The Kier molecular flexibility index (Phi) is 3.07. The smallest absolute Gasteiger partial charge is 0.128 e. The third-order valence-electron chi connectivity index (χ3n) is 2.84. The molecular formula is C13H16O2. The van der Waals surface area contributed by atoms with E-state index < -0.39 is 0 Å². The van der Waals surface area contributed by atoms with Gasteiger partial charge in [-0.1, -0.05) is 30.9 Å². The van der Waals surface area contributed by atoms with Crippen LogP contribution in [0.5, 0.6) is 5.75 Å². The SMILES string of the molecule is C=Cc1cccc(C2CCCCO2)c1O. The largest absolute Gasteiger partial charge is 0.507 e. The molecule has 2 nitrogen and oxygen atoms in total. The van der Waals surface area contributed by atoms with Crippen LogP contribution in [0.25, 0.3) is 6.08 Å². The monoisotopic (exact) mass is 204 g/mol. The highest BCUT2D eigenvalue weighted by atomic mass is 16.5. The van der Waals surface area contributed by atoms with Crippen LogP contribution in [-0.4, -0.2) is 11.7 Å². The van der Waals surface area contributed by atoms with Gasteiger partial charge in [0, 0.05) is 17.7 Å². The second-order valence-corrected chi connectivity index (χ2v) is 3.84. The molecule has 1 fully saturated rings. The molecule has 1 heterocycles. The molecule has 0 spiro atoms. The summed E-state index contributed by atoms with van der Waals surface area (Å²) in [5.41, 5.74) is 1.67. The first-order chi connectivity index (χ1) is 7.33. The lowest BCUT2D eigenvalue weighted by atomic mass is 9.98. The van der Waals surface area contributed by atoms with Gasteiger partial charge >= 0.3 is 0 Å². The molecule has 2 rings (SSSR count). The molecule has 1 aromatic rings. The number of aromatic hydroxyl groups is 1. The fourth-order valence-electron chi connectivity index (χ4n) is 1.99. The first kappa shape index (κ1) is 10.2. The molecule has 0 saturated carbocycles. The zero-order valence-electron chi connectivity index (χ0n) is 8.78. The van der Waals surface area contributed by atoms with Crippen molar-refractivity contribution in [3.63, 3.8) is 0 Å². The summed E-state index contributed by atoms with van der Waals surface area (Å²) in [7, 11) is 0. The molecule has 1 atom stereocenters. The third kappa shape index (κ3) is 2.05. The van der Waals surface area contributed by atoms with Gasteiger partial charge in [0.25, 0.3) is 0 Å². The lowest BCUT2D eigenvalue weighted by molar-refractivity contribution is 0.0136.